The van der Waals surface area contributed by atoms with Gasteiger partial charge in [0.1, 0.15) is 10.6 Å². The molecule has 9 nitrogen and oxygen atoms in total. The van der Waals surface area contributed by atoms with Gasteiger partial charge in [0.25, 0.3) is 5.91 Å². The zero-order valence-corrected chi connectivity index (χ0v) is 25.1. The molecule has 3 amide bonds. The van der Waals surface area contributed by atoms with Gasteiger partial charge < -0.3 is 15.4 Å². The van der Waals surface area contributed by atoms with E-state index in [1.165, 1.54) is 29.7 Å². The largest absolute Gasteiger partial charge is 0.422 e. The van der Waals surface area contributed by atoms with Crippen LogP contribution in [0.1, 0.15) is 25.6 Å². The average Bonchev–Trinajstić information content (AvgIpc) is 3.35. The quantitative estimate of drug-likeness (QED) is 0.0570. The molecule has 4 aromatic carbocycles. The molecule has 0 atom stereocenters. The summed E-state index contributed by atoms with van der Waals surface area (Å²) < 4.78 is 7.19. The molecule has 0 saturated carbocycles. The third-order valence-electron chi connectivity index (χ3n) is 5.92. The minimum atomic E-state index is -1.04. The molecule has 5 aromatic rings. The van der Waals surface area contributed by atoms with E-state index in [2.05, 4.69) is 37.1 Å². The maximum Gasteiger partial charge on any atom is 0.355 e. The summed E-state index contributed by atoms with van der Waals surface area (Å²) in [7, 11) is 0. The van der Waals surface area contributed by atoms with Crippen molar-refractivity contribution in [3.63, 3.8) is 0 Å². The fraction of sp³-hybridized carbons (Fsp3) is 0. The Labute approximate surface area is 262 Å². The lowest BCUT2D eigenvalue weighted by molar-refractivity contribution is -0.136. The van der Waals surface area contributed by atoms with Crippen LogP contribution in [0.2, 0.25) is 5.02 Å². The Morgan fingerprint density at radius 1 is 0.814 bits per heavy atom. The molecule has 0 aliphatic carbocycles. The van der Waals surface area contributed by atoms with Gasteiger partial charge in [-0.15, -0.1) is 11.3 Å². The molecule has 3 N–H and O–H groups in total. The third-order valence-corrected chi connectivity index (χ3v) is 8.10. The number of carbonyl (C=O) groups is 4. The Morgan fingerprint density at radius 3 is 2.26 bits per heavy atom. The van der Waals surface area contributed by atoms with Crippen LogP contribution in [-0.2, 0) is 9.59 Å². The van der Waals surface area contributed by atoms with Crippen molar-refractivity contribution in [3.8, 4) is 5.75 Å². The Kier molecular flexibility index (Phi) is 9.26. The van der Waals surface area contributed by atoms with E-state index in [0.29, 0.717) is 26.9 Å². The van der Waals surface area contributed by atoms with E-state index in [1.54, 1.807) is 60.7 Å². The Morgan fingerprint density at radius 2 is 1.51 bits per heavy atom. The second kappa shape index (κ2) is 13.4. The lowest BCUT2D eigenvalue weighted by Gasteiger charge is -2.11. The summed E-state index contributed by atoms with van der Waals surface area (Å²) in [6.07, 6.45) is 1.32. The molecular formula is C31H20BrClN4O5S. The van der Waals surface area contributed by atoms with Crippen LogP contribution in [0.5, 0.6) is 5.75 Å². The van der Waals surface area contributed by atoms with Crippen molar-refractivity contribution in [2.24, 2.45) is 5.10 Å². The summed E-state index contributed by atoms with van der Waals surface area (Å²) in [6.45, 7) is 0. The zero-order chi connectivity index (χ0) is 30.3. The number of anilines is 2. The maximum absolute atomic E-state index is 12.8. The lowest BCUT2D eigenvalue weighted by atomic mass is 10.1. The summed E-state index contributed by atoms with van der Waals surface area (Å²) in [5.74, 6) is -2.79. The number of para-hydroxylation sites is 1. The molecule has 0 bridgehead atoms. The van der Waals surface area contributed by atoms with Crippen LogP contribution < -0.4 is 20.8 Å². The molecule has 0 saturated heterocycles. The van der Waals surface area contributed by atoms with E-state index in [1.807, 2.05) is 24.3 Å². The molecule has 12 heteroatoms. The van der Waals surface area contributed by atoms with Crippen molar-refractivity contribution in [1.82, 2.24) is 5.43 Å². The van der Waals surface area contributed by atoms with E-state index in [9.17, 15) is 19.2 Å². The predicted octanol–water partition coefficient (Wildman–Crippen LogP) is 6.88. The number of nitrogens with one attached hydrogen (secondary N) is 3. The molecule has 5 rings (SSSR count). The van der Waals surface area contributed by atoms with Crippen LogP contribution in [-0.4, -0.2) is 29.9 Å². The first kappa shape index (κ1) is 29.6. The minimum Gasteiger partial charge on any atom is -0.422 e. The predicted molar refractivity (Wildman–Crippen MR) is 171 cm³/mol. The molecule has 0 aliphatic heterocycles. The molecule has 1 heterocycles. The Hall–Kier alpha value is -4.84. The highest BCUT2D eigenvalue weighted by Crippen LogP contribution is 2.35. The van der Waals surface area contributed by atoms with Gasteiger partial charge in [-0.1, -0.05) is 57.9 Å². The molecule has 0 unspecified atom stereocenters. The first-order valence-electron chi connectivity index (χ1n) is 12.6. The number of hydrogen-bond acceptors (Lipinski definition) is 7. The second-order valence-corrected chi connectivity index (χ2v) is 11.2. The number of fused-ring (bicyclic) bond motifs is 1. The number of nitrogens with zero attached hydrogens (tertiary/aromatic N) is 1. The van der Waals surface area contributed by atoms with Gasteiger partial charge in [-0.25, -0.2) is 10.2 Å². The summed E-state index contributed by atoms with van der Waals surface area (Å²) in [5, 5.41) is 10.1. The standard InChI is InChI=1S/C31H20BrClN4O5S/c32-19-11-13-20(14-12-19)35-28(38)22-5-1-3-7-24(22)36-29(39)30(40)37-34-17-18-9-15-21(16-10-18)42-31(41)27-26(33)23-6-2-4-8-25(23)43-27/h1-17H,(H,35,38)(H,36,39)(H,37,40). The van der Waals surface area contributed by atoms with Gasteiger partial charge >= 0.3 is 17.8 Å². The molecule has 43 heavy (non-hydrogen) atoms. The number of thiophene rings is 1. The van der Waals surface area contributed by atoms with Gasteiger partial charge in [0.05, 0.1) is 22.5 Å². The van der Waals surface area contributed by atoms with E-state index in [-0.39, 0.29) is 11.3 Å². The first-order chi connectivity index (χ1) is 20.8. The van der Waals surface area contributed by atoms with Gasteiger partial charge in [-0.3, -0.25) is 14.4 Å². The average molecular weight is 676 g/mol. The fourth-order valence-corrected chi connectivity index (χ4v) is 5.49. The summed E-state index contributed by atoms with van der Waals surface area (Å²) >= 11 is 10.9. The first-order valence-corrected chi connectivity index (χ1v) is 14.6. The number of rotatable bonds is 7. The van der Waals surface area contributed by atoms with Crippen molar-refractivity contribution >= 4 is 90.2 Å². The normalized spacial score (nSPS) is 10.8. The van der Waals surface area contributed by atoms with Gasteiger partial charge in [0, 0.05) is 20.2 Å². The summed E-state index contributed by atoms with van der Waals surface area (Å²) in [5.41, 5.74) is 3.60. The van der Waals surface area contributed by atoms with Gasteiger partial charge in [0.2, 0.25) is 0 Å². The fourth-order valence-electron chi connectivity index (χ4n) is 3.84. The van der Waals surface area contributed by atoms with E-state index in [0.717, 1.165) is 14.6 Å². The number of hydrazone groups is 1. The molecular weight excluding hydrogens is 656 g/mol. The topological polar surface area (TPSA) is 126 Å². The van der Waals surface area contributed by atoms with Crippen LogP contribution in [0.3, 0.4) is 0 Å². The number of amides is 3. The van der Waals surface area contributed by atoms with Gasteiger partial charge in [-0.2, -0.15) is 5.10 Å². The molecule has 0 spiro atoms. The number of esters is 1. The third kappa shape index (κ3) is 7.33. The summed E-state index contributed by atoms with van der Waals surface area (Å²) in [6, 6.07) is 27.1. The molecule has 1 aromatic heterocycles. The van der Waals surface area contributed by atoms with Crippen molar-refractivity contribution < 1.29 is 23.9 Å². The molecule has 0 radical (unpaired) electrons. The van der Waals surface area contributed by atoms with Crippen LogP contribution in [0.15, 0.2) is 107 Å². The van der Waals surface area contributed by atoms with Gasteiger partial charge in [0.15, 0.2) is 0 Å². The van der Waals surface area contributed by atoms with E-state index < -0.39 is 23.7 Å². The highest BCUT2D eigenvalue weighted by Gasteiger charge is 2.20. The molecule has 214 valence electrons. The maximum atomic E-state index is 12.8. The van der Waals surface area contributed by atoms with Crippen LogP contribution in [0.4, 0.5) is 11.4 Å². The Bertz CT molecular complexity index is 1870. The van der Waals surface area contributed by atoms with Crippen LogP contribution >= 0.6 is 38.9 Å². The smallest absolute Gasteiger partial charge is 0.355 e. The van der Waals surface area contributed by atoms with E-state index in [4.69, 9.17) is 16.3 Å². The SMILES string of the molecule is O=C(NN=Cc1ccc(OC(=O)c2sc3ccccc3c2Cl)cc1)C(=O)Nc1ccccc1C(=O)Nc1ccc(Br)cc1. The molecule has 0 fully saturated rings. The van der Waals surface area contributed by atoms with Crippen molar-refractivity contribution in [3.05, 3.63) is 123 Å². The lowest BCUT2D eigenvalue weighted by Crippen LogP contribution is -2.33. The number of hydrogen-bond donors (Lipinski definition) is 3. The number of benzene rings is 4. The van der Waals surface area contributed by atoms with Gasteiger partial charge in [-0.05, 0) is 72.3 Å². The van der Waals surface area contributed by atoms with Crippen LogP contribution in [0, 0.1) is 0 Å². The van der Waals surface area contributed by atoms with Crippen molar-refractivity contribution in [2.75, 3.05) is 10.6 Å². The summed E-state index contributed by atoms with van der Waals surface area (Å²) in [4.78, 5) is 50.5. The van der Waals surface area contributed by atoms with E-state index >= 15 is 0 Å². The monoisotopic (exact) mass is 674 g/mol. The highest BCUT2D eigenvalue weighted by molar-refractivity contribution is 9.10. The zero-order valence-electron chi connectivity index (χ0n) is 22.0. The highest BCUT2D eigenvalue weighted by atomic mass is 79.9. The second-order valence-electron chi connectivity index (χ2n) is 8.86. The van der Waals surface area contributed by atoms with Crippen molar-refractivity contribution in [1.29, 1.82) is 0 Å². The minimum absolute atomic E-state index is 0.156. The number of halogens is 2. The number of carbonyl (C=O) groups excluding carboxylic acids is 4. The van der Waals surface area contributed by atoms with Crippen molar-refractivity contribution in [2.45, 2.75) is 0 Å². The Balaban J connectivity index is 1.15. The number of ether oxygens (including phenoxy) is 1. The molecule has 0 aliphatic rings. The van der Waals surface area contributed by atoms with Crippen LogP contribution in [0.25, 0.3) is 10.1 Å².